The zero-order valence-corrected chi connectivity index (χ0v) is 11.7. The van der Waals surface area contributed by atoms with Gasteiger partial charge in [0.1, 0.15) is 5.82 Å². The number of nitrogens with one attached hydrogen (secondary N) is 1. The first-order chi connectivity index (χ1) is 9.56. The second-order valence-corrected chi connectivity index (χ2v) is 5.24. The molecule has 5 heteroatoms. The lowest BCUT2D eigenvalue weighted by atomic mass is 10.2. The zero-order chi connectivity index (χ0) is 14.5. The first kappa shape index (κ1) is 14.7. The topological polar surface area (TPSA) is 29.9 Å². The van der Waals surface area contributed by atoms with Crippen molar-refractivity contribution >= 4 is 0 Å². The Morgan fingerprint density at radius 1 is 1.25 bits per heavy atom. The van der Waals surface area contributed by atoms with Gasteiger partial charge in [-0.3, -0.25) is 0 Å². The van der Waals surface area contributed by atoms with E-state index in [-0.39, 0.29) is 0 Å². The highest BCUT2D eigenvalue weighted by Crippen LogP contribution is 2.11. The Hall–Kier alpha value is -1.75. The van der Waals surface area contributed by atoms with Crippen LogP contribution >= 0.6 is 0 Å². The van der Waals surface area contributed by atoms with E-state index in [1.807, 2.05) is 10.8 Å². The Morgan fingerprint density at radius 2 is 2.05 bits per heavy atom. The molecule has 2 rings (SSSR count). The van der Waals surface area contributed by atoms with Gasteiger partial charge >= 0.3 is 0 Å². The van der Waals surface area contributed by atoms with Crippen LogP contribution in [0.4, 0.5) is 8.78 Å². The lowest BCUT2D eigenvalue weighted by Crippen LogP contribution is -2.21. The van der Waals surface area contributed by atoms with Gasteiger partial charge in [-0.2, -0.15) is 0 Å². The van der Waals surface area contributed by atoms with Crippen molar-refractivity contribution in [1.82, 2.24) is 14.9 Å². The molecule has 0 saturated carbocycles. The smallest absolute Gasteiger partial charge is 0.159 e. The minimum Gasteiger partial charge on any atom is -0.329 e. The molecule has 0 saturated heterocycles. The summed E-state index contributed by atoms with van der Waals surface area (Å²) in [6, 6.07) is 3.96. The summed E-state index contributed by atoms with van der Waals surface area (Å²) in [5.74, 6) is -0.180. The third kappa shape index (κ3) is 3.87. The molecule has 0 fully saturated rings. The highest BCUT2D eigenvalue weighted by atomic mass is 19.2. The van der Waals surface area contributed by atoms with Crippen LogP contribution in [0.3, 0.4) is 0 Å². The number of hydrogen-bond donors (Lipinski definition) is 1. The molecule has 0 atom stereocenters. The van der Waals surface area contributed by atoms with Crippen LogP contribution in [0.2, 0.25) is 0 Å². The monoisotopic (exact) mass is 279 g/mol. The number of imidazole rings is 1. The summed E-state index contributed by atoms with van der Waals surface area (Å²) < 4.78 is 28.0. The Balaban J connectivity index is 2.02. The lowest BCUT2D eigenvalue weighted by molar-refractivity contribution is 0.505. The van der Waals surface area contributed by atoms with Crippen LogP contribution < -0.4 is 5.32 Å². The van der Waals surface area contributed by atoms with Gasteiger partial charge in [-0.25, -0.2) is 13.8 Å². The Labute approximate surface area is 117 Å². The molecule has 1 aromatic heterocycles. The summed E-state index contributed by atoms with van der Waals surface area (Å²) >= 11 is 0. The average molecular weight is 279 g/mol. The van der Waals surface area contributed by atoms with Gasteiger partial charge in [0.25, 0.3) is 0 Å². The molecule has 0 spiro atoms. The molecule has 0 aliphatic heterocycles. The quantitative estimate of drug-likeness (QED) is 0.881. The van der Waals surface area contributed by atoms with Crippen LogP contribution in [0.25, 0.3) is 0 Å². The van der Waals surface area contributed by atoms with Gasteiger partial charge in [0.05, 0.1) is 6.54 Å². The minimum absolute atomic E-state index is 0.482. The van der Waals surface area contributed by atoms with Gasteiger partial charge in [-0.05, 0) is 30.2 Å². The maximum atomic E-state index is 13.2. The third-order valence-electron chi connectivity index (χ3n) is 2.97. The van der Waals surface area contributed by atoms with Crippen LogP contribution in [-0.2, 0) is 13.1 Å². The number of halogens is 2. The second kappa shape index (κ2) is 6.61. The maximum absolute atomic E-state index is 13.2. The van der Waals surface area contributed by atoms with Crippen molar-refractivity contribution in [3.63, 3.8) is 0 Å². The van der Waals surface area contributed by atoms with E-state index in [4.69, 9.17) is 0 Å². The second-order valence-electron chi connectivity index (χ2n) is 5.24. The van der Waals surface area contributed by atoms with E-state index in [1.165, 1.54) is 6.07 Å². The molecule has 3 nitrogen and oxygen atoms in total. The van der Waals surface area contributed by atoms with Crippen LogP contribution in [-0.4, -0.2) is 16.1 Å². The standard InChI is InChI=1S/C15H19F2N3/c1-11(2)8-18-9-15-19-5-6-20(15)10-12-3-4-13(16)14(17)7-12/h3-7,11,18H,8-10H2,1-2H3. The summed E-state index contributed by atoms with van der Waals surface area (Å²) in [7, 11) is 0. The Morgan fingerprint density at radius 3 is 2.75 bits per heavy atom. The molecular weight excluding hydrogens is 260 g/mol. The van der Waals surface area contributed by atoms with Crippen molar-refractivity contribution in [2.75, 3.05) is 6.54 Å². The first-order valence-electron chi connectivity index (χ1n) is 6.71. The van der Waals surface area contributed by atoms with E-state index in [1.54, 1.807) is 12.3 Å². The Kier molecular flexibility index (Phi) is 4.84. The predicted molar refractivity (Wildman–Crippen MR) is 74.2 cm³/mol. The van der Waals surface area contributed by atoms with E-state index < -0.39 is 11.6 Å². The molecular formula is C15H19F2N3. The van der Waals surface area contributed by atoms with E-state index in [0.717, 1.165) is 18.4 Å². The van der Waals surface area contributed by atoms with Gasteiger partial charge in [-0.1, -0.05) is 19.9 Å². The molecule has 0 amide bonds. The highest BCUT2D eigenvalue weighted by molar-refractivity contribution is 5.18. The number of aromatic nitrogens is 2. The highest BCUT2D eigenvalue weighted by Gasteiger charge is 2.06. The summed E-state index contributed by atoms with van der Waals surface area (Å²) in [6.45, 7) is 6.34. The zero-order valence-electron chi connectivity index (χ0n) is 11.7. The number of benzene rings is 1. The number of hydrogen-bond acceptors (Lipinski definition) is 2. The number of rotatable bonds is 6. The van der Waals surface area contributed by atoms with Crippen LogP contribution in [0, 0.1) is 17.6 Å². The molecule has 0 aliphatic rings. The van der Waals surface area contributed by atoms with Crippen molar-refractivity contribution in [2.45, 2.75) is 26.9 Å². The van der Waals surface area contributed by atoms with Crippen molar-refractivity contribution in [2.24, 2.45) is 5.92 Å². The fourth-order valence-electron chi connectivity index (χ4n) is 1.96. The van der Waals surface area contributed by atoms with E-state index in [0.29, 0.717) is 24.6 Å². The molecule has 0 bridgehead atoms. The van der Waals surface area contributed by atoms with Gasteiger partial charge in [0, 0.05) is 18.9 Å². The molecule has 0 unspecified atom stereocenters. The van der Waals surface area contributed by atoms with Crippen LogP contribution in [0.15, 0.2) is 30.6 Å². The van der Waals surface area contributed by atoms with Crippen molar-refractivity contribution < 1.29 is 8.78 Å². The summed E-state index contributed by atoms with van der Waals surface area (Å²) in [6.07, 6.45) is 3.56. The third-order valence-corrected chi connectivity index (χ3v) is 2.97. The van der Waals surface area contributed by atoms with Crippen molar-refractivity contribution in [1.29, 1.82) is 0 Å². The molecule has 108 valence electrons. The molecule has 20 heavy (non-hydrogen) atoms. The summed E-state index contributed by atoms with van der Waals surface area (Å²) in [5, 5.41) is 3.32. The summed E-state index contributed by atoms with van der Waals surface area (Å²) in [5.41, 5.74) is 0.715. The molecule has 1 N–H and O–H groups in total. The van der Waals surface area contributed by atoms with Crippen molar-refractivity contribution in [3.05, 3.63) is 53.6 Å². The maximum Gasteiger partial charge on any atom is 0.159 e. The van der Waals surface area contributed by atoms with Gasteiger partial charge in [0.2, 0.25) is 0 Å². The molecule has 2 aromatic rings. The molecule has 0 aliphatic carbocycles. The van der Waals surface area contributed by atoms with E-state index in [2.05, 4.69) is 24.1 Å². The minimum atomic E-state index is -0.821. The lowest BCUT2D eigenvalue weighted by Gasteiger charge is -2.10. The first-order valence-corrected chi connectivity index (χ1v) is 6.71. The fourth-order valence-corrected chi connectivity index (χ4v) is 1.96. The van der Waals surface area contributed by atoms with Gasteiger partial charge in [-0.15, -0.1) is 0 Å². The largest absolute Gasteiger partial charge is 0.329 e. The SMILES string of the molecule is CC(C)CNCc1nccn1Cc1ccc(F)c(F)c1. The van der Waals surface area contributed by atoms with Gasteiger partial charge < -0.3 is 9.88 Å². The predicted octanol–water partition coefficient (Wildman–Crippen LogP) is 2.96. The van der Waals surface area contributed by atoms with E-state index in [9.17, 15) is 8.78 Å². The fraction of sp³-hybridized carbons (Fsp3) is 0.400. The van der Waals surface area contributed by atoms with Crippen molar-refractivity contribution in [3.8, 4) is 0 Å². The number of nitrogens with zero attached hydrogens (tertiary/aromatic N) is 2. The van der Waals surface area contributed by atoms with E-state index >= 15 is 0 Å². The average Bonchev–Trinajstić information content (AvgIpc) is 2.81. The van der Waals surface area contributed by atoms with Crippen LogP contribution in [0.1, 0.15) is 25.2 Å². The molecule has 0 radical (unpaired) electrons. The van der Waals surface area contributed by atoms with Crippen LogP contribution in [0.5, 0.6) is 0 Å². The normalized spacial score (nSPS) is 11.2. The Bertz CT molecular complexity index is 564. The molecule has 1 aromatic carbocycles. The van der Waals surface area contributed by atoms with Gasteiger partial charge in [0.15, 0.2) is 11.6 Å². The summed E-state index contributed by atoms with van der Waals surface area (Å²) in [4.78, 5) is 4.28. The molecule has 1 heterocycles.